The molecule has 4 unspecified atom stereocenters. The van der Waals surface area contributed by atoms with Crippen LogP contribution in [-0.2, 0) is 9.59 Å². The van der Waals surface area contributed by atoms with E-state index in [9.17, 15) is 18.4 Å². The summed E-state index contributed by atoms with van der Waals surface area (Å²) in [5.41, 5.74) is 0. The highest BCUT2D eigenvalue weighted by atomic mass is 19.1. The number of carbonyl (C=O) groups is 2. The molecule has 4 heteroatoms. The van der Waals surface area contributed by atoms with E-state index in [0.717, 1.165) is 18.3 Å². The van der Waals surface area contributed by atoms with Crippen LogP contribution < -0.4 is 0 Å². The molecular weight excluding hydrogens is 442 g/mol. The van der Waals surface area contributed by atoms with Gasteiger partial charge in [-0.2, -0.15) is 0 Å². The average molecular weight is 499 g/mol. The van der Waals surface area contributed by atoms with Crippen molar-refractivity contribution in [2.24, 2.45) is 23.7 Å². The zero-order valence-electron chi connectivity index (χ0n) is 23.1. The molecule has 0 bridgehead atoms. The van der Waals surface area contributed by atoms with Crippen molar-refractivity contribution in [3.05, 3.63) is 0 Å². The highest BCUT2D eigenvalue weighted by molar-refractivity contribution is 5.79. The van der Waals surface area contributed by atoms with Crippen molar-refractivity contribution >= 4 is 11.6 Å². The quantitative estimate of drug-likeness (QED) is 0.187. The fourth-order valence-corrected chi connectivity index (χ4v) is 6.28. The van der Waals surface area contributed by atoms with Gasteiger partial charge in [-0.1, -0.05) is 97.3 Å². The summed E-state index contributed by atoms with van der Waals surface area (Å²) in [5.74, 6) is 3.38. The molecule has 35 heavy (non-hydrogen) atoms. The van der Waals surface area contributed by atoms with E-state index in [2.05, 4.69) is 13.8 Å². The minimum absolute atomic E-state index is 0.281. The van der Waals surface area contributed by atoms with Gasteiger partial charge in [-0.3, -0.25) is 18.4 Å². The summed E-state index contributed by atoms with van der Waals surface area (Å²) in [6, 6.07) is 0. The van der Waals surface area contributed by atoms with E-state index >= 15 is 0 Å². The zero-order valence-corrected chi connectivity index (χ0v) is 23.1. The number of ketones is 2. The molecule has 0 N–H and O–H groups in total. The predicted molar refractivity (Wildman–Crippen MR) is 144 cm³/mol. The Morgan fingerprint density at radius 2 is 1.23 bits per heavy atom. The van der Waals surface area contributed by atoms with Crippen LogP contribution in [-0.4, -0.2) is 24.9 Å². The number of rotatable bonds is 17. The molecule has 0 spiro atoms. The molecule has 0 aliphatic heterocycles. The van der Waals surface area contributed by atoms with Crippen molar-refractivity contribution < 1.29 is 18.4 Å². The maximum Gasteiger partial charge on any atom is 0.133 e. The van der Waals surface area contributed by atoms with E-state index in [1.807, 2.05) is 0 Å². The molecule has 4 atom stereocenters. The van der Waals surface area contributed by atoms with Crippen molar-refractivity contribution in [1.29, 1.82) is 0 Å². The maximum atomic E-state index is 12.1. The van der Waals surface area contributed by atoms with Crippen LogP contribution in [0.15, 0.2) is 0 Å². The summed E-state index contributed by atoms with van der Waals surface area (Å²) in [6.07, 6.45) is 22.6. The van der Waals surface area contributed by atoms with Crippen LogP contribution in [0.5, 0.6) is 0 Å². The molecular formula is C31H56F2O2. The van der Waals surface area contributed by atoms with Gasteiger partial charge in [0.05, 0.1) is 13.3 Å². The van der Waals surface area contributed by atoms with Gasteiger partial charge in [-0.25, -0.2) is 0 Å². The van der Waals surface area contributed by atoms with Gasteiger partial charge >= 0.3 is 0 Å². The Hall–Kier alpha value is -0.800. The van der Waals surface area contributed by atoms with Gasteiger partial charge in [0.1, 0.15) is 11.6 Å². The van der Waals surface area contributed by atoms with E-state index in [4.69, 9.17) is 0 Å². The van der Waals surface area contributed by atoms with Crippen LogP contribution >= 0.6 is 0 Å². The van der Waals surface area contributed by atoms with Crippen LogP contribution in [0.1, 0.15) is 149 Å². The number of Topliss-reactive ketones (excluding diaryl/α,β-unsaturated/α-hetero) is 2. The molecule has 0 heterocycles. The molecule has 2 fully saturated rings. The van der Waals surface area contributed by atoms with Crippen molar-refractivity contribution in [2.45, 2.75) is 149 Å². The lowest BCUT2D eigenvalue weighted by Crippen LogP contribution is -2.22. The average Bonchev–Trinajstić information content (AvgIpc) is 2.87. The second-order valence-corrected chi connectivity index (χ2v) is 11.4. The van der Waals surface area contributed by atoms with Crippen LogP contribution in [0.4, 0.5) is 8.78 Å². The lowest BCUT2D eigenvalue weighted by molar-refractivity contribution is -0.121. The zero-order chi connectivity index (χ0) is 25.7. The Morgan fingerprint density at radius 3 is 1.86 bits per heavy atom. The summed E-state index contributed by atoms with van der Waals surface area (Å²) < 4.78 is 24.0. The number of hydrogen-bond acceptors (Lipinski definition) is 2. The third kappa shape index (κ3) is 15.8. The topological polar surface area (TPSA) is 34.1 Å². The van der Waals surface area contributed by atoms with Crippen LogP contribution in [0.3, 0.4) is 0 Å². The number of halogens is 2. The van der Waals surface area contributed by atoms with Gasteiger partial charge in [-0.15, -0.1) is 0 Å². The standard InChI is InChI=1S/C16H29FO.C15H27FO/c1-2-3-4-8-14-9-5-6-10-15(14)13-16(18)11-7-12-17;1-2-3-6-13-7-4-8-14(11-13)12-15(17)9-5-10-16/h14-15H,2-13H2,1H3;13-14H,2-12H2,1H3. The molecule has 2 saturated carbocycles. The van der Waals surface area contributed by atoms with Crippen molar-refractivity contribution in [3.8, 4) is 0 Å². The van der Waals surface area contributed by atoms with Crippen LogP contribution in [0.2, 0.25) is 0 Å². The third-order valence-corrected chi connectivity index (χ3v) is 8.29. The van der Waals surface area contributed by atoms with E-state index in [1.54, 1.807) is 0 Å². The highest BCUT2D eigenvalue weighted by Gasteiger charge is 2.26. The first kappa shape index (κ1) is 32.2. The number of alkyl halides is 2. The summed E-state index contributed by atoms with van der Waals surface area (Å²) >= 11 is 0. The lowest BCUT2D eigenvalue weighted by Gasteiger charge is -2.31. The Morgan fingerprint density at radius 1 is 0.629 bits per heavy atom. The largest absolute Gasteiger partial charge is 0.300 e. The molecule has 206 valence electrons. The van der Waals surface area contributed by atoms with E-state index in [1.165, 1.54) is 96.3 Å². The molecule has 0 saturated heterocycles. The first-order valence-electron chi connectivity index (χ1n) is 15.2. The first-order valence-corrected chi connectivity index (χ1v) is 15.2. The Balaban J connectivity index is 0.000000351. The second kappa shape index (κ2) is 21.3. The molecule has 0 aromatic carbocycles. The first-order chi connectivity index (χ1) is 17.0. The molecule has 2 aliphatic carbocycles. The normalized spacial score (nSPS) is 24.5. The van der Waals surface area contributed by atoms with Crippen molar-refractivity contribution in [1.82, 2.24) is 0 Å². The van der Waals surface area contributed by atoms with E-state index in [0.29, 0.717) is 49.7 Å². The summed E-state index contributed by atoms with van der Waals surface area (Å²) in [4.78, 5) is 23.4. The molecule has 0 amide bonds. The fourth-order valence-electron chi connectivity index (χ4n) is 6.28. The third-order valence-electron chi connectivity index (χ3n) is 8.29. The van der Waals surface area contributed by atoms with Gasteiger partial charge in [0.25, 0.3) is 0 Å². The van der Waals surface area contributed by atoms with Gasteiger partial charge in [-0.05, 0) is 49.4 Å². The molecule has 0 aromatic rings. The van der Waals surface area contributed by atoms with Gasteiger partial charge < -0.3 is 0 Å². The minimum atomic E-state index is -0.352. The lowest BCUT2D eigenvalue weighted by atomic mass is 9.74. The molecule has 0 radical (unpaired) electrons. The maximum absolute atomic E-state index is 12.1. The predicted octanol–water partition coefficient (Wildman–Crippen LogP) is 9.77. The van der Waals surface area contributed by atoms with Crippen LogP contribution in [0.25, 0.3) is 0 Å². The summed E-state index contributed by atoms with van der Waals surface area (Å²) in [5, 5.41) is 0. The Labute approximate surface area is 215 Å². The Bertz CT molecular complexity index is 536. The van der Waals surface area contributed by atoms with Crippen LogP contribution in [0, 0.1) is 23.7 Å². The van der Waals surface area contributed by atoms with Crippen molar-refractivity contribution in [3.63, 3.8) is 0 Å². The monoisotopic (exact) mass is 498 g/mol. The number of unbranched alkanes of at least 4 members (excludes halogenated alkanes) is 3. The van der Waals surface area contributed by atoms with E-state index < -0.39 is 0 Å². The highest BCUT2D eigenvalue weighted by Crippen LogP contribution is 2.36. The summed E-state index contributed by atoms with van der Waals surface area (Å²) in [6.45, 7) is 3.77. The van der Waals surface area contributed by atoms with Gasteiger partial charge in [0, 0.05) is 25.7 Å². The summed E-state index contributed by atoms with van der Waals surface area (Å²) in [7, 11) is 0. The number of carbonyl (C=O) groups excluding carboxylic acids is 2. The number of hydrogen-bond donors (Lipinski definition) is 0. The second-order valence-electron chi connectivity index (χ2n) is 11.4. The van der Waals surface area contributed by atoms with Gasteiger partial charge in [0.15, 0.2) is 0 Å². The molecule has 0 aromatic heterocycles. The molecule has 2 rings (SSSR count). The molecule has 2 nitrogen and oxygen atoms in total. The SMILES string of the molecule is CCCCC1CCCC(CC(=O)CCCF)C1.CCCCCC1CCCCC1CC(=O)CCCF. The van der Waals surface area contributed by atoms with Gasteiger partial charge in [0.2, 0.25) is 0 Å². The fraction of sp³-hybridized carbons (Fsp3) is 0.935. The molecule has 2 aliphatic rings. The smallest absolute Gasteiger partial charge is 0.133 e. The Kier molecular flexibility index (Phi) is 19.6. The minimum Gasteiger partial charge on any atom is -0.300 e. The van der Waals surface area contributed by atoms with E-state index in [-0.39, 0.29) is 19.1 Å². The van der Waals surface area contributed by atoms with Crippen molar-refractivity contribution in [2.75, 3.05) is 13.3 Å².